The van der Waals surface area contributed by atoms with E-state index in [0.29, 0.717) is 12.8 Å². The van der Waals surface area contributed by atoms with Crippen molar-refractivity contribution in [2.45, 2.75) is 46.3 Å². The minimum atomic E-state index is -1.02. The molecule has 4 nitrogen and oxygen atoms in total. The summed E-state index contributed by atoms with van der Waals surface area (Å²) in [5, 5.41) is 8.61. The number of Topliss-reactive ketones (excluding diaryl/α,β-unsaturated/α-hetero) is 1. The van der Waals surface area contributed by atoms with Crippen LogP contribution in [0.5, 0.6) is 0 Å². The van der Waals surface area contributed by atoms with Gasteiger partial charge in [-0.3, -0.25) is 4.79 Å². The monoisotopic (exact) mass is 204 g/mol. The molecule has 0 rings (SSSR count). The first-order chi connectivity index (χ1) is 6.27. The van der Waals surface area contributed by atoms with Crippen LogP contribution in [0.2, 0.25) is 0 Å². The van der Waals surface area contributed by atoms with Gasteiger partial charge < -0.3 is 4.74 Å². The van der Waals surface area contributed by atoms with Gasteiger partial charge in [0.15, 0.2) is 5.79 Å². The molecule has 0 fully saturated rings. The molecule has 0 aromatic rings. The fourth-order valence-electron chi connectivity index (χ4n) is 0.901. The molecular weight excluding hydrogens is 184 g/mol. The van der Waals surface area contributed by atoms with Gasteiger partial charge in [-0.1, -0.05) is 13.8 Å². The first-order valence-electron chi connectivity index (χ1n) is 4.66. The summed E-state index contributed by atoms with van der Waals surface area (Å²) in [7, 11) is 1.46. The first-order valence-corrected chi connectivity index (χ1v) is 4.66. The van der Waals surface area contributed by atoms with Crippen LogP contribution in [0.1, 0.15) is 40.5 Å². The molecule has 0 aliphatic carbocycles. The molecule has 0 saturated heterocycles. The van der Waals surface area contributed by atoms with E-state index >= 15 is 0 Å². The predicted molar refractivity (Wildman–Crippen MR) is 52.8 cm³/mol. The van der Waals surface area contributed by atoms with Crippen LogP contribution < -0.4 is 0 Å². The topological polar surface area (TPSA) is 55.8 Å². The second kappa shape index (κ2) is 4.87. The SMILES string of the molecule is COC(C)(CCC(C)(C)C(C)=O)OO. The van der Waals surface area contributed by atoms with Gasteiger partial charge in [-0.25, -0.2) is 10.1 Å². The Kier molecular flexibility index (Phi) is 4.71. The summed E-state index contributed by atoms with van der Waals surface area (Å²) in [5.74, 6) is -0.902. The molecule has 0 spiro atoms. The summed E-state index contributed by atoms with van der Waals surface area (Å²) in [5.41, 5.74) is -0.404. The van der Waals surface area contributed by atoms with Crippen molar-refractivity contribution in [1.82, 2.24) is 0 Å². The van der Waals surface area contributed by atoms with Crippen molar-refractivity contribution in [2.75, 3.05) is 7.11 Å². The fourth-order valence-corrected chi connectivity index (χ4v) is 0.901. The van der Waals surface area contributed by atoms with Gasteiger partial charge in [-0.2, -0.15) is 0 Å². The average molecular weight is 204 g/mol. The summed E-state index contributed by atoms with van der Waals surface area (Å²) in [6.07, 6.45) is 1.07. The highest BCUT2D eigenvalue weighted by molar-refractivity contribution is 5.81. The zero-order valence-electron chi connectivity index (χ0n) is 9.59. The van der Waals surface area contributed by atoms with E-state index in [1.165, 1.54) is 7.11 Å². The van der Waals surface area contributed by atoms with E-state index in [9.17, 15) is 4.79 Å². The van der Waals surface area contributed by atoms with E-state index in [1.807, 2.05) is 13.8 Å². The van der Waals surface area contributed by atoms with Crippen LogP contribution in [0.3, 0.4) is 0 Å². The highest BCUT2D eigenvalue weighted by atomic mass is 17.1. The maximum Gasteiger partial charge on any atom is 0.198 e. The van der Waals surface area contributed by atoms with E-state index < -0.39 is 11.2 Å². The van der Waals surface area contributed by atoms with Gasteiger partial charge >= 0.3 is 0 Å². The normalized spacial score (nSPS) is 16.4. The van der Waals surface area contributed by atoms with Crippen LogP contribution in [0.15, 0.2) is 0 Å². The molecule has 0 bridgehead atoms. The Hall–Kier alpha value is -0.450. The smallest absolute Gasteiger partial charge is 0.198 e. The highest BCUT2D eigenvalue weighted by Gasteiger charge is 2.31. The molecule has 84 valence electrons. The van der Waals surface area contributed by atoms with Gasteiger partial charge in [0.1, 0.15) is 5.78 Å². The van der Waals surface area contributed by atoms with Gasteiger partial charge in [0.2, 0.25) is 0 Å². The molecule has 14 heavy (non-hydrogen) atoms. The molecule has 0 aromatic carbocycles. The standard InChI is InChI=1S/C10H20O4/c1-8(11)9(2,3)6-7-10(4,13-5)14-12/h12H,6-7H2,1-5H3. The van der Waals surface area contributed by atoms with Crippen LogP contribution in [-0.2, 0) is 14.4 Å². The second-order valence-electron chi connectivity index (χ2n) is 4.37. The highest BCUT2D eigenvalue weighted by Crippen LogP contribution is 2.28. The minimum Gasteiger partial charge on any atom is -0.351 e. The number of ether oxygens (including phenoxy) is 1. The number of rotatable bonds is 6. The molecule has 1 N–H and O–H groups in total. The van der Waals surface area contributed by atoms with Gasteiger partial charge in [-0.15, -0.1) is 0 Å². The van der Waals surface area contributed by atoms with Crippen LogP contribution in [0.4, 0.5) is 0 Å². The van der Waals surface area contributed by atoms with E-state index in [4.69, 9.17) is 9.99 Å². The number of ketones is 1. The van der Waals surface area contributed by atoms with Crippen molar-refractivity contribution >= 4 is 5.78 Å². The summed E-state index contributed by atoms with van der Waals surface area (Å²) >= 11 is 0. The third-order valence-corrected chi connectivity index (χ3v) is 2.78. The maximum atomic E-state index is 11.2. The Morgan fingerprint density at radius 1 is 1.29 bits per heavy atom. The third kappa shape index (κ3) is 3.74. The Morgan fingerprint density at radius 2 is 1.79 bits per heavy atom. The van der Waals surface area contributed by atoms with Gasteiger partial charge in [0.05, 0.1) is 0 Å². The number of carbonyl (C=O) groups is 1. The Balaban J connectivity index is 4.23. The van der Waals surface area contributed by atoms with Crippen LogP contribution in [-0.4, -0.2) is 23.9 Å². The van der Waals surface area contributed by atoms with Crippen molar-refractivity contribution in [3.63, 3.8) is 0 Å². The van der Waals surface area contributed by atoms with Crippen molar-refractivity contribution in [2.24, 2.45) is 5.41 Å². The number of hydrogen-bond acceptors (Lipinski definition) is 4. The summed E-state index contributed by atoms with van der Waals surface area (Å²) in [6.45, 7) is 6.92. The summed E-state index contributed by atoms with van der Waals surface area (Å²) in [6, 6.07) is 0. The largest absolute Gasteiger partial charge is 0.351 e. The maximum absolute atomic E-state index is 11.2. The zero-order chi connectivity index (χ0) is 11.4. The zero-order valence-corrected chi connectivity index (χ0v) is 9.59. The molecule has 0 aliphatic rings. The lowest BCUT2D eigenvalue weighted by atomic mass is 9.83. The lowest BCUT2D eigenvalue weighted by molar-refractivity contribution is -0.394. The van der Waals surface area contributed by atoms with Crippen LogP contribution in [0, 0.1) is 5.41 Å². The first kappa shape index (κ1) is 13.5. The van der Waals surface area contributed by atoms with E-state index in [2.05, 4.69) is 4.89 Å². The quantitative estimate of drug-likeness (QED) is 0.409. The second-order valence-corrected chi connectivity index (χ2v) is 4.37. The van der Waals surface area contributed by atoms with E-state index in [0.717, 1.165) is 0 Å². The molecule has 0 saturated carbocycles. The van der Waals surface area contributed by atoms with Crippen LogP contribution in [0.25, 0.3) is 0 Å². The number of hydrogen-bond donors (Lipinski definition) is 1. The van der Waals surface area contributed by atoms with Gasteiger partial charge in [0, 0.05) is 18.9 Å². The minimum absolute atomic E-state index is 0.119. The average Bonchev–Trinajstić information content (AvgIpc) is 2.14. The van der Waals surface area contributed by atoms with Gasteiger partial charge in [-0.05, 0) is 20.3 Å². The number of methoxy groups -OCH3 is 1. The fraction of sp³-hybridized carbons (Fsp3) is 0.900. The molecule has 0 aliphatic heterocycles. The molecule has 0 heterocycles. The lowest BCUT2D eigenvalue weighted by Gasteiger charge is -2.28. The Morgan fingerprint density at radius 3 is 2.07 bits per heavy atom. The number of carbonyl (C=O) groups excluding carboxylic acids is 1. The summed E-state index contributed by atoms with van der Waals surface area (Å²) < 4.78 is 4.98. The third-order valence-electron chi connectivity index (χ3n) is 2.78. The molecule has 0 radical (unpaired) electrons. The van der Waals surface area contributed by atoms with Gasteiger partial charge in [0.25, 0.3) is 0 Å². The van der Waals surface area contributed by atoms with E-state index in [1.54, 1.807) is 13.8 Å². The van der Waals surface area contributed by atoms with Crippen molar-refractivity contribution < 1.29 is 19.7 Å². The van der Waals surface area contributed by atoms with Crippen LogP contribution >= 0.6 is 0 Å². The van der Waals surface area contributed by atoms with E-state index in [-0.39, 0.29) is 5.78 Å². The molecular formula is C10H20O4. The molecule has 0 amide bonds. The molecule has 0 aromatic heterocycles. The predicted octanol–water partition coefficient (Wildman–Crippen LogP) is 2.23. The van der Waals surface area contributed by atoms with Crippen molar-refractivity contribution in [3.8, 4) is 0 Å². The Bertz CT molecular complexity index is 194. The summed E-state index contributed by atoms with van der Waals surface area (Å²) in [4.78, 5) is 15.4. The molecule has 1 unspecified atom stereocenters. The molecule has 1 atom stereocenters. The van der Waals surface area contributed by atoms with Crippen molar-refractivity contribution in [1.29, 1.82) is 0 Å². The van der Waals surface area contributed by atoms with Crippen molar-refractivity contribution in [3.05, 3.63) is 0 Å². The Labute approximate surface area is 85.1 Å². The lowest BCUT2D eigenvalue weighted by Crippen LogP contribution is -2.33. The molecule has 4 heteroatoms.